The number of likely N-dealkylation sites (tertiary alicyclic amines) is 1. The number of carboxylic acid groups (broad SMARTS) is 1. The van der Waals surface area contributed by atoms with E-state index in [9.17, 15) is 19.5 Å². The van der Waals surface area contributed by atoms with Crippen molar-refractivity contribution < 1.29 is 24.2 Å². The molecule has 2 aromatic rings. The average Bonchev–Trinajstić information content (AvgIpc) is 3.59. The van der Waals surface area contributed by atoms with Crippen LogP contribution in [0.2, 0.25) is 0 Å². The highest BCUT2D eigenvalue weighted by atomic mass is 32.1. The molecule has 3 aliphatic rings. The zero-order chi connectivity index (χ0) is 31.4. The van der Waals surface area contributed by atoms with Crippen LogP contribution >= 0.6 is 11.3 Å². The molecule has 1 aliphatic heterocycles. The summed E-state index contributed by atoms with van der Waals surface area (Å²) in [6.45, 7) is 9.65. The van der Waals surface area contributed by atoms with Crippen LogP contribution in [-0.4, -0.2) is 51.5 Å². The Morgan fingerprint density at radius 2 is 1.84 bits per heavy atom. The van der Waals surface area contributed by atoms with Crippen LogP contribution < -0.4 is 9.64 Å². The van der Waals surface area contributed by atoms with Crippen LogP contribution in [0.25, 0.3) is 0 Å². The van der Waals surface area contributed by atoms with Crippen molar-refractivity contribution in [2.45, 2.75) is 111 Å². The molecule has 0 aromatic carbocycles. The fraction of sp³-hybridized carbons (Fsp3) is 0.600. The molecular formula is C35H45N3O5S. The molecule has 2 saturated carbocycles. The molecular weight excluding hydrogens is 574 g/mol. The second-order valence-electron chi connectivity index (χ2n) is 13.8. The number of hydrogen-bond acceptors (Lipinski definition) is 6. The summed E-state index contributed by atoms with van der Waals surface area (Å²) < 4.78 is 6.31. The third kappa shape index (κ3) is 8.01. The molecule has 0 atom stereocenters. The van der Waals surface area contributed by atoms with E-state index in [4.69, 9.17) is 4.74 Å². The van der Waals surface area contributed by atoms with Crippen LogP contribution in [-0.2, 0) is 16.1 Å². The van der Waals surface area contributed by atoms with Crippen molar-refractivity contribution in [2.75, 3.05) is 11.4 Å². The van der Waals surface area contributed by atoms with Crippen molar-refractivity contribution in [2.24, 2.45) is 17.3 Å². The number of anilines is 1. The highest BCUT2D eigenvalue weighted by Crippen LogP contribution is 2.39. The summed E-state index contributed by atoms with van der Waals surface area (Å²) in [5, 5.41) is 10.2. The number of aromatic nitrogens is 1. The molecule has 3 heterocycles. The molecule has 1 N–H and O–H groups in total. The van der Waals surface area contributed by atoms with Crippen LogP contribution in [0.3, 0.4) is 0 Å². The fourth-order valence-corrected chi connectivity index (χ4v) is 7.36. The SMILES string of the molecule is CC1CCC(C(=O)N(c2cc(C#CC(C)(C)C)sc2C(=O)O)C2CCC(Oc3cc(CN4CCCC4=O)ccn3)CC2)CC1. The molecule has 9 heteroatoms. The topological polar surface area (TPSA) is 100 Å². The summed E-state index contributed by atoms with van der Waals surface area (Å²) in [6, 6.07) is 5.55. The number of thiophene rings is 1. The lowest BCUT2D eigenvalue weighted by molar-refractivity contribution is -0.128. The second kappa shape index (κ2) is 13.7. The summed E-state index contributed by atoms with van der Waals surface area (Å²) >= 11 is 1.16. The Bertz CT molecular complexity index is 1420. The number of carboxylic acids is 1. The molecule has 0 unspecified atom stereocenters. The van der Waals surface area contributed by atoms with Gasteiger partial charge in [-0.2, -0.15) is 0 Å². The molecule has 44 heavy (non-hydrogen) atoms. The largest absolute Gasteiger partial charge is 0.477 e. The van der Waals surface area contributed by atoms with Crippen molar-refractivity contribution in [3.8, 4) is 17.7 Å². The number of rotatable bonds is 8. The van der Waals surface area contributed by atoms with E-state index >= 15 is 0 Å². The van der Waals surface area contributed by atoms with Crippen molar-refractivity contribution in [1.29, 1.82) is 0 Å². The third-order valence-electron chi connectivity index (χ3n) is 8.97. The van der Waals surface area contributed by atoms with E-state index in [1.807, 2.05) is 48.8 Å². The van der Waals surface area contributed by atoms with Gasteiger partial charge in [-0.05, 0) is 102 Å². The Balaban J connectivity index is 1.33. The van der Waals surface area contributed by atoms with Crippen molar-refractivity contribution >= 4 is 34.8 Å². The minimum Gasteiger partial charge on any atom is -0.477 e. The number of pyridine rings is 1. The predicted molar refractivity (Wildman–Crippen MR) is 172 cm³/mol. The molecule has 0 bridgehead atoms. The second-order valence-corrected chi connectivity index (χ2v) is 14.8. The smallest absolute Gasteiger partial charge is 0.348 e. The van der Waals surface area contributed by atoms with Gasteiger partial charge in [0, 0.05) is 49.1 Å². The van der Waals surface area contributed by atoms with Crippen LogP contribution in [0.5, 0.6) is 5.88 Å². The first kappa shape index (κ1) is 32.0. The van der Waals surface area contributed by atoms with Gasteiger partial charge in [0.2, 0.25) is 17.7 Å². The summed E-state index contributed by atoms with van der Waals surface area (Å²) in [6.07, 6.45) is 9.78. The van der Waals surface area contributed by atoms with Crippen LogP contribution in [0.4, 0.5) is 5.69 Å². The summed E-state index contributed by atoms with van der Waals surface area (Å²) in [4.78, 5) is 47.7. The normalized spacial score (nSPS) is 24.0. The minimum absolute atomic E-state index is 0.0442. The number of amides is 2. The zero-order valence-electron chi connectivity index (χ0n) is 26.4. The first-order chi connectivity index (χ1) is 21.0. The monoisotopic (exact) mass is 619 g/mol. The van der Waals surface area contributed by atoms with Gasteiger partial charge in [0.05, 0.1) is 10.6 Å². The van der Waals surface area contributed by atoms with Gasteiger partial charge in [-0.1, -0.05) is 18.8 Å². The predicted octanol–water partition coefficient (Wildman–Crippen LogP) is 6.91. The Kier molecular flexibility index (Phi) is 9.99. The highest BCUT2D eigenvalue weighted by Gasteiger charge is 2.38. The van der Waals surface area contributed by atoms with Crippen molar-refractivity contribution in [1.82, 2.24) is 9.88 Å². The first-order valence-electron chi connectivity index (χ1n) is 16.1. The van der Waals surface area contributed by atoms with Gasteiger partial charge in [-0.3, -0.25) is 9.59 Å². The van der Waals surface area contributed by atoms with Gasteiger partial charge in [-0.15, -0.1) is 11.3 Å². The van der Waals surface area contributed by atoms with E-state index in [1.54, 1.807) is 6.20 Å². The lowest BCUT2D eigenvalue weighted by Crippen LogP contribution is -2.47. The summed E-state index contributed by atoms with van der Waals surface area (Å²) in [5.41, 5.74) is 1.27. The van der Waals surface area contributed by atoms with Gasteiger partial charge < -0.3 is 19.6 Å². The van der Waals surface area contributed by atoms with Crippen LogP contribution in [0.1, 0.15) is 112 Å². The van der Waals surface area contributed by atoms with E-state index < -0.39 is 5.97 Å². The maximum atomic E-state index is 14.2. The number of aromatic carboxylic acids is 1. The molecule has 8 nitrogen and oxygen atoms in total. The minimum atomic E-state index is -1.03. The van der Waals surface area contributed by atoms with Gasteiger partial charge >= 0.3 is 5.97 Å². The molecule has 2 aliphatic carbocycles. The standard InChI is InChI=1S/C35H45N3O5S/c1-23-7-9-25(10-8-23)33(40)38(29-21-28(15-17-35(2,3)4)44-32(29)34(41)42)26-11-13-27(14-12-26)43-30-20-24(16-18-36-30)22-37-19-5-6-31(37)39/h16,18,20-21,23,25-27H,5-14,19,22H2,1-4H3,(H,41,42). The number of ether oxygens (including phenoxy) is 1. The van der Waals surface area contributed by atoms with Gasteiger partial charge in [0.25, 0.3) is 0 Å². The lowest BCUT2D eigenvalue weighted by atomic mass is 9.81. The van der Waals surface area contributed by atoms with E-state index in [0.717, 1.165) is 68.4 Å². The number of hydrogen-bond donors (Lipinski definition) is 1. The van der Waals surface area contributed by atoms with Gasteiger partial charge in [0.1, 0.15) is 11.0 Å². The van der Waals surface area contributed by atoms with E-state index in [2.05, 4.69) is 23.7 Å². The molecule has 0 spiro atoms. The number of nitrogens with zero attached hydrogens (tertiary/aromatic N) is 3. The molecule has 5 rings (SSSR count). The molecule has 2 amide bonds. The van der Waals surface area contributed by atoms with Gasteiger partial charge in [0.15, 0.2) is 0 Å². The lowest BCUT2D eigenvalue weighted by Gasteiger charge is -2.39. The highest BCUT2D eigenvalue weighted by molar-refractivity contribution is 7.15. The Morgan fingerprint density at radius 3 is 2.48 bits per heavy atom. The van der Waals surface area contributed by atoms with Crippen molar-refractivity contribution in [3.63, 3.8) is 0 Å². The third-order valence-corrected chi connectivity index (χ3v) is 10.00. The Hall–Kier alpha value is -3.38. The molecule has 2 aromatic heterocycles. The molecule has 1 saturated heterocycles. The molecule has 0 radical (unpaired) electrons. The van der Waals surface area contributed by atoms with Crippen LogP contribution in [0.15, 0.2) is 24.4 Å². The average molecular weight is 620 g/mol. The number of carbonyl (C=O) groups is 3. The first-order valence-corrected chi connectivity index (χ1v) is 16.9. The van der Waals surface area contributed by atoms with E-state index in [0.29, 0.717) is 48.2 Å². The summed E-state index contributed by atoms with van der Waals surface area (Å²) in [7, 11) is 0. The van der Waals surface area contributed by atoms with E-state index in [1.165, 1.54) is 0 Å². The maximum Gasteiger partial charge on any atom is 0.348 e. The zero-order valence-corrected chi connectivity index (χ0v) is 27.3. The maximum absolute atomic E-state index is 14.2. The Morgan fingerprint density at radius 1 is 1.11 bits per heavy atom. The fourth-order valence-electron chi connectivity index (χ4n) is 6.52. The summed E-state index contributed by atoms with van der Waals surface area (Å²) in [5.74, 6) is 6.65. The quantitative estimate of drug-likeness (QED) is 0.322. The Labute approximate surface area is 265 Å². The van der Waals surface area contributed by atoms with Crippen molar-refractivity contribution in [3.05, 3.63) is 39.7 Å². The molecule has 236 valence electrons. The number of carbonyl (C=O) groups excluding carboxylic acids is 2. The van der Waals surface area contributed by atoms with Crippen LogP contribution in [0, 0.1) is 29.1 Å². The molecule has 3 fully saturated rings. The van der Waals surface area contributed by atoms with E-state index in [-0.39, 0.29) is 40.2 Å². The van der Waals surface area contributed by atoms with Gasteiger partial charge in [-0.25, -0.2) is 9.78 Å².